The Bertz CT molecular complexity index is 520. The molecule has 1 aromatic rings. The Kier molecular flexibility index (Phi) is 3.57. The van der Waals surface area contributed by atoms with Gasteiger partial charge in [0.1, 0.15) is 24.1 Å². The molecule has 0 amide bonds. The Morgan fingerprint density at radius 3 is 2.68 bits per heavy atom. The normalized spacial score (nSPS) is 30.5. The van der Waals surface area contributed by atoms with Crippen molar-refractivity contribution in [3.8, 4) is 0 Å². The molecule has 0 spiro atoms. The van der Waals surface area contributed by atoms with E-state index in [1.807, 2.05) is 0 Å². The van der Waals surface area contributed by atoms with Crippen LogP contribution in [0.5, 0.6) is 0 Å². The van der Waals surface area contributed by atoms with Crippen LogP contribution in [-0.4, -0.2) is 56.1 Å². The maximum Gasteiger partial charge on any atom is 0.275 e. The van der Waals surface area contributed by atoms with Crippen molar-refractivity contribution in [3.05, 3.63) is 16.4 Å². The van der Waals surface area contributed by atoms with Crippen LogP contribution in [0.4, 0.5) is 11.8 Å². The van der Waals surface area contributed by atoms with Gasteiger partial charge in [-0.3, -0.25) is 4.79 Å². The van der Waals surface area contributed by atoms with Crippen LogP contribution in [0.15, 0.2) is 10.9 Å². The maximum absolute atomic E-state index is 11.4. The van der Waals surface area contributed by atoms with Gasteiger partial charge < -0.3 is 36.9 Å². The molecule has 4 atom stereocenters. The molecule has 19 heavy (non-hydrogen) atoms. The monoisotopic (exact) mass is 273 g/mol. The number of nitrogens with one attached hydrogen (secondary N) is 1. The molecule has 0 aromatic carbocycles. The Labute approximate surface area is 107 Å². The molecule has 2 rings (SSSR count). The lowest BCUT2D eigenvalue weighted by Crippen LogP contribution is -2.37. The number of hydrogen-bond acceptors (Lipinski definition) is 9. The molecule has 0 bridgehead atoms. The highest BCUT2D eigenvalue weighted by Gasteiger charge is 2.42. The second-order valence-corrected chi connectivity index (χ2v) is 4.11. The lowest BCUT2D eigenvalue weighted by atomic mass is 10.1. The zero-order valence-corrected chi connectivity index (χ0v) is 9.80. The fourth-order valence-electron chi connectivity index (χ4n) is 1.75. The fourth-order valence-corrected chi connectivity index (χ4v) is 1.75. The summed E-state index contributed by atoms with van der Waals surface area (Å²) >= 11 is 0. The molecule has 106 valence electrons. The van der Waals surface area contributed by atoms with Gasteiger partial charge in [-0.25, -0.2) is 0 Å². The van der Waals surface area contributed by atoms with Crippen molar-refractivity contribution in [2.75, 3.05) is 23.5 Å². The van der Waals surface area contributed by atoms with Gasteiger partial charge in [0.05, 0.1) is 6.61 Å². The molecular formula is C9H15N5O5. The van der Waals surface area contributed by atoms with E-state index in [0.717, 1.165) is 6.07 Å². The van der Waals surface area contributed by atoms with Crippen LogP contribution in [0.1, 0.15) is 0 Å². The van der Waals surface area contributed by atoms with Gasteiger partial charge in [-0.05, 0) is 0 Å². The number of nitrogen functional groups attached to an aromatic ring is 2. The minimum absolute atomic E-state index is 0.0408. The number of nitrogens with zero attached hydrogens (tertiary/aromatic N) is 2. The molecule has 1 unspecified atom stereocenters. The Hall–Kier alpha value is -1.88. The molecule has 1 aromatic heterocycles. The van der Waals surface area contributed by atoms with Crippen LogP contribution < -0.4 is 22.5 Å². The molecule has 0 saturated carbocycles. The predicted molar refractivity (Wildman–Crippen MR) is 64.4 cm³/mol. The fraction of sp³-hybridized carbons (Fsp3) is 0.556. The lowest BCUT2D eigenvalue weighted by molar-refractivity contribution is -0.0154. The highest BCUT2D eigenvalue weighted by atomic mass is 16.6. The Balaban J connectivity index is 2.16. The van der Waals surface area contributed by atoms with Crippen LogP contribution in [0.3, 0.4) is 0 Å². The van der Waals surface area contributed by atoms with E-state index in [9.17, 15) is 15.0 Å². The topological polar surface area (TPSA) is 169 Å². The standard InChI is InChI=1S/C9H15N5O5/c10-9-13-4(1-5(16)14(9)11)12-8-7(18)6(17)3(2-15)19-8/h1,3,6-8,12,15,17-18H,2,11H2,(H2,10,13)/t3-,6-,7-,8?/m1/s1. The van der Waals surface area contributed by atoms with E-state index in [4.69, 9.17) is 21.4 Å². The van der Waals surface area contributed by atoms with Crippen molar-refractivity contribution >= 4 is 11.8 Å². The number of nitrogens with two attached hydrogens (primary N) is 2. The van der Waals surface area contributed by atoms with Crippen LogP contribution in [0.2, 0.25) is 0 Å². The van der Waals surface area contributed by atoms with Crippen molar-refractivity contribution in [2.24, 2.45) is 0 Å². The first-order valence-electron chi connectivity index (χ1n) is 5.47. The van der Waals surface area contributed by atoms with E-state index in [0.29, 0.717) is 4.68 Å². The molecule has 1 aliphatic rings. The molecule has 0 aliphatic carbocycles. The number of aromatic nitrogens is 2. The summed E-state index contributed by atoms with van der Waals surface area (Å²) in [6, 6.07) is 1.06. The first-order valence-corrected chi connectivity index (χ1v) is 5.47. The summed E-state index contributed by atoms with van der Waals surface area (Å²) in [4.78, 5) is 15.2. The number of hydrogen-bond donors (Lipinski definition) is 6. The van der Waals surface area contributed by atoms with Crippen molar-refractivity contribution in [3.63, 3.8) is 0 Å². The highest BCUT2D eigenvalue weighted by Crippen LogP contribution is 2.21. The molecule has 1 aliphatic heterocycles. The third kappa shape index (κ3) is 2.46. The van der Waals surface area contributed by atoms with E-state index in [2.05, 4.69) is 10.3 Å². The third-order valence-corrected chi connectivity index (χ3v) is 2.81. The van der Waals surface area contributed by atoms with E-state index >= 15 is 0 Å². The van der Waals surface area contributed by atoms with Gasteiger partial charge >= 0.3 is 0 Å². The van der Waals surface area contributed by atoms with Gasteiger partial charge in [-0.1, -0.05) is 0 Å². The average molecular weight is 273 g/mol. The number of rotatable bonds is 3. The summed E-state index contributed by atoms with van der Waals surface area (Å²) in [6.45, 7) is -0.448. The average Bonchev–Trinajstić information content (AvgIpc) is 2.63. The molecule has 8 N–H and O–H groups in total. The van der Waals surface area contributed by atoms with Gasteiger partial charge in [0.25, 0.3) is 5.56 Å². The SMILES string of the molecule is Nc1nc(NC2O[C@H](CO)[C@@H](O)[C@H]2O)cc(=O)n1N. The quantitative estimate of drug-likeness (QED) is 0.304. The number of anilines is 2. The molecule has 1 fully saturated rings. The summed E-state index contributed by atoms with van der Waals surface area (Å²) in [7, 11) is 0. The first-order chi connectivity index (χ1) is 8.93. The number of aliphatic hydroxyl groups excluding tert-OH is 3. The van der Waals surface area contributed by atoms with E-state index in [-0.39, 0.29) is 11.8 Å². The molecule has 10 heteroatoms. The van der Waals surface area contributed by atoms with Gasteiger partial charge in [0.15, 0.2) is 6.23 Å². The zero-order valence-electron chi connectivity index (χ0n) is 9.80. The summed E-state index contributed by atoms with van der Waals surface area (Å²) in [5.74, 6) is 5.11. The van der Waals surface area contributed by atoms with Gasteiger partial charge in [0, 0.05) is 6.07 Å². The highest BCUT2D eigenvalue weighted by molar-refractivity contribution is 5.39. The summed E-state index contributed by atoms with van der Waals surface area (Å²) < 4.78 is 5.82. The zero-order chi connectivity index (χ0) is 14.2. The third-order valence-electron chi connectivity index (χ3n) is 2.81. The van der Waals surface area contributed by atoms with Gasteiger partial charge in [-0.15, -0.1) is 0 Å². The Morgan fingerprint density at radius 1 is 1.47 bits per heavy atom. The van der Waals surface area contributed by atoms with Crippen LogP contribution in [0, 0.1) is 0 Å². The minimum Gasteiger partial charge on any atom is -0.394 e. The number of aliphatic hydroxyl groups is 3. The predicted octanol–water partition coefficient (Wildman–Crippen LogP) is -3.61. The molecular weight excluding hydrogens is 258 g/mol. The van der Waals surface area contributed by atoms with E-state index in [1.54, 1.807) is 0 Å². The molecule has 10 nitrogen and oxygen atoms in total. The minimum atomic E-state index is -1.28. The second-order valence-electron chi connectivity index (χ2n) is 4.11. The summed E-state index contributed by atoms with van der Waals surface area (Å²) in [5.41, 5.74) is 4.81. The lowest BCUT2D eigenvalue weighted by Gasteiger charge is -2.17. The molecule has 1 saturated heterocycles. The van der Waals surface area contributed by atoms with Crippen molar-refractivity contribution in [2.45, 2.75) is 24.5 Å². The van der Waals surface area contributed by atoms with Gasteiger partial charge in [0.2, 0.25) is 5.95 Å². The molecule has 0 radical (unpaired) electrons. The van der Waals surface area contributed by atoms with Crippen molar-refractivity contribution in [1.82, 2.24) is 9.66 Å². The molecule has 2 heterocycles. The van der Waals surface area contributed by atoms with Crippen molar-refractivity contribution < 1.29 is 20.1 Å². The van der Waals surface area contributed by atoms with E-state index < -0.39 is 36.7 Å². The smallest absolute Gasteiger partial charge is 0.275 e. The maximum atomic E-state index is 11.4. The summed E-state index contributed by atoms with van der Waals surface area (Å²) in [5, 5.41) is 30.8. The van der Waals surface area contributed by atoms with Crippen LogP contribution in [0.25, 0.3) is 0 Å². The Morgan fingerprint density at radius 2 is 2.16 bits per heavy atom. The van der Waals surface area contributed by atoms with Crippen LogP contribution >= 0.6 is 0 Å². The summed E-state index contributed by atoms with van der Waals surface area (Å²) in [6.07, 6.45) is -4.46. The number of ether oxygens (including phenoxy) is 1. The van der Waals surface area contributed by atoms with Crippen LogP contribution in [-0.2, 0) is 4.74 Å². The van der Waals surface area contributed by atoms with Crippen molar-refractivity contribution in [1.29, 1.82) is 0 Å². The van der Waals surface area contributed by atoms with Gasteiger partial charge in [-0.2, -0.15) is 9.66 Å². The largest absolute Gasteiger partial charge is 0.394 e. The first kappa shape index (κ1) is 13.5. The second kappa shape index (κ2) is 5.01. The van der Waals surface area contributed by atoms with E-state index in [1.165, 1.54) is 0 Å².